The van der Waals surface area contributed by atoms with E-state index in [4.69, 9.17) is 0 Å². The number of hydrogen-bond donors (Lipinski definition) is 0. The summed E-state index contributed by atoms with van der Waals surface area (Å²) >= 11 is 0. The Balaban J connectivity index is 0. The normalized spacial score (nSPS) is 17.2. The van der Waals surface area contributed by atoms with Crippen LogP contribution in [0.25, 0.3) is 0 Å². The number of alkyl halides is 21. The molecule has 26 heteroatoms. The molecule has 0 aromatic rings. The van der Waals surface area contributed by atoms with Crippen LogP contribution in [0.15, 0.2) is 0 Å². The third kappa shape index (κ3) is 4.81. The van der Waals surface area contributed by atoms with Gasteiger partial charge in [-0.1, -0.05) is 0 Å². The Morgan fingerprint density at radius 3 is 0.842 bits per heavy atom. The molecule has 1 unspecified atom stereocenters. The second kappa shape index (κ2) is 10.1. The Hall–Kier alpha value is 0.0764. The maximum atomic E-state index is 13.5. The van der Waals surface area contributed by atoms with E-state index in [-0.39, 0.29) is 51.4 Å². The molecular weight excluding hydrogens is 662 g/mol. The SMILES string of the molecule is CC(F)C(F)(F)C(F)(F)C(F)(F)C(F)(F)C(F)(F)C(F)(F)C(F)(F)C(F)(F)C(F)(F)C(F)(F)S(=O)(=O)[O-].[K+]. The monoisotopic (exact) mass is 666 g/mol. The molecular formula is C12H4F21KO3S. The molecule has 0 bridgehead atoms. The van der Waals surface area contributed by atoms with Crippen LogP contribution in [0.3, 0.4) is 0 Å². The van der Waals surface area contributed by atoms with Crippen molar-refractivity contribution in [1.82, 2.24) is 0 Å². The first kappa shape index (κ1) is 40.2. The first-order chi connectivity index (χ1) is 15.4. The van der Waals surface area contributed by atoms with Gasteiger partial charge in [0.1, 0.15) is 0 Å². The first-order valence-electron chi connectivity index (χ1n) is 7.82. The van der Waals surface area contributed by atoms with E-state index in [2.05, 4.69) is 0 Å². The smallest absolute Gasteiger partial charge is 0.743 e. The molecule has 0 aliphatic carbocycles. The van der Waals surface area contributed by atoms with Crippen LogP contribution in [-0.2, 0) is 10.1 Å². The average Bonchev–Trinajstić information content (AvgIpc) is 2.65. The molecule has 1 atom stereocenters. The first-order valence-corrected chi connectivity index (χ1v) is 9.23. The average molecular weight is 666 g/mol. The van der Waals surface area contributed by atoms with Crippen LogP contribution in [0.1, 0.15) is 6.92 Å². The van der Waals surface area contributed by atoms with E-state index in [0.717, 1.165) is 0 Å². The standard InChI is InChI=1S/C12H5F21O3S.K/c1-2(13)3(14,15)4(16,17)5(18,19)6(20,21)7(22,23)8(24,25)9(26,27)10(28,29)11(30,31)12(32,33)37(34,35)36;/h2H,1H3,(H,34,35,36);/q;+1/p-1. The van der Waals surface area contributed by atoms with Gasteiger partial charge in [-0.05, 0) is 6.92 Å². The summed E-state index contributed by atoms with van der Waals surface area (Å²) in [6.45, 7) is -0.851. The summed E-state index contributed by atoms with van der Waals surface area (Å²) in [6.07, 6.45) is -4.75. The van der Waals surface area contributed by atoms with Gasteiger partial charge in [-0.25, -0.2) is 12.8 Å². The zero-order valence-electron chi connectivity index (χ0n) is 17.1. The minimum absolute atomic E-state index is 0. The molecule has 38 heavy (non-hydrogen) atoms. The third-order valence-electron chi connectivity index (χ3n) is 4.36. The molecule has 3 nitrogen and oxygen atoms in total. The van der Waals surface area contributed by atoms with E-state index in [1.165, 1.54) is 0 Å². The number of rotatable bonds is 11. The van der Waals surface area contributed by atoms with E-state index >= 15 is 0 Å². The van der Waals surface area contributed by atoms with Gasteiger partial charge < -0.3 is 4.55 Å². The van der Waals surface area contributed by atoms with Gasteiger partial charge in [-0.3, -0.25) is 0 Å². The summed E-state index contributed by atoms with van der Waals surface area (Å²) in [5.41, 5.74) is 0. The molecule has 0 aromatic heterocycles. The van der Waals surface area contributed by atoms with Gasteiger partial charge in [0.2, 0.25) is 0 Å². The van der Waals surface area contributed by atoms with E-state index in [1.807, 2.05) is 0 Å². The van der Waals surface area contributed by atoms with Crippen molar-refractivity contribution in [1.29, 1.82) is 0 Å². The second-order valence-electron chi connectivity index (χ2n) is 6.81. The molecule has 0 fully saturated rings. The maximum absolute atomic E-state index is 13.5. The predicted molar refractivity (Wildman–Crippen MR) is 69.7 cm³/mol. The second-order valence-corrected chi connectivity index (χ2v) is 8.23. The summed E-state index contributed by atoms with van der Waals surface area (Å²) < 4.78 is 307. The van der Waals surface area contributed by atoms with Gasteiger partial charge in [0.15, 0.2) is 16.3 Å². The molecule has 0 aromatic carbocycles. The van der Waals surface area contributed by atoms with Crippen LogP contribution in [0.5, 0.6) is 0 Å². The van der Waals surface area contributed by atoms with Gasteiger partial charge >= 0.3 is 110 Å². The predicted octanol–water partition coefficient (Wildman–Crippen LogP) is 3.20. The molecule has 0 saturated carbocycles. The van der Waals surface area contributed by atoms with Crippen LogP contribution in [0.2, 0.25) is 0 Å². The minimum Gasteiger partial charge on any atom is -0.743 e. The quantitative estimate of drug-likeness (QED) is 0.194. The van der Waals surface area contributed by atoms with Crippen molar-refractivity contribution < 1.29 is 157 Å². The van der Waals surface area contributed by atoms with Crippen molar-refractivity contribution in [3.63, 3.8) is 0 Å². The topological polar surface area (TPSA) is 57.2 Å². The van der Waals surface area contributed by atoms with Crippen molar-refractivity contribution in [2.75, 3.05) is 0 Å². The fourth-order valence-electron chi connectivity index (χ4n) is 1.98. The molecule has 0 radical (unpaired) electrons. The Bertz CT molecular complexity index is 972. The molecule has 0 saturated heterocycles. The van der Waals surface area contributed by atoms with Crippen molar-refractivity contribution in [3.8, 4) is 0 Å². The summed E-state index contributed by atoms with van der Waals surface area (Å²) in [6, 6.07) is 0. The van der Waals surface area contributed by atoms with Crippen LogP contribution in [0, 0.1) is 0 Å². The molecule has 224 valence electrons. The molecule has 0 aliphatic heterocycles. The zero-order valence-corrected chi connectivity index (χ0v) is 21.1. The molecule has 0 N–H and O–H groups in total. The number of hydrogen-bond acceptors (Lipinski definition) is 3. The summed E-state index contributed by atoms with van der Waals surface area (Å²) in [7, 11) is -8.35. The molecule has 0 rings (SSSR count). The van der Waals surface area contributed by atoms with Gasteiger partial charge in [0, 0.05) is 0 Å². The number of halogens is 21. The van der Waals surface area contributed by atoms with E-state index < -0.39 is 81.8 Å². The van der Waals surface area contributed by atoms with Crippen LogP contribution in [-0.4, -0.2) is 77.7 Å². The maximum Gasteiger partial charge on any atom is 1.00 e. The minimum atomic E-state index is -9.38. The van der Waals surface area contributed by atoms with Gasteiger partial charge in [-0.15, -0.1) is 0 Å². The van der Waals surface area contributed by atoms with Crippen LogP contribution < -0.4 is 51.4 Å². The zero-order chi connectivity index (χ0) is 31.1. The molecule has 0 aliphatic rings. The fourth-order valence-corrected chi connectivity index (χ4v) is 2.42. The summed E-state index contributed by atoms with van der Waals surface area (Å²) in [4.78, 5) is 0. The Morgan fingerprint density at radius 2 is 0.658 bits per heavy atom. The van der Waals surface area contributed by atoms with Crippen molar-refractivity contribution >= 4 is 10.1 Å². The summed E-state index contributed by atoms with van der Waals surface area (Å²) in [5.74, 6) is -79.5. The summed E-state index contributed by atoms with van der Waals surface area (Å²) in [5, 5.41) is -8.17. The fraction of sp³-hybridized carbons (Fsp3) is 1.00. The van der Waals surface area contributed by atoms with E-state index in [1.54, 1.807) is 0 Å². The molecule has 0 amide bonds. The van der Waals surface area contributed by atoms with Crippen molar-refractivity contribution in [3.05, 3.63) is 0 Å². The third-order valence-corrected chi connectivity index (χ3v) is 5.24. The molecule has 0 heterocycles. The van der Waals surface area contributed by atoms with Crippen molar-refractivity contribution in [2.45, 2.75) is 71.7 Å². The van der Waals surface area contributed by atoms with Gasteiger partial charge in [0.25, 0.3) is 0 Å². The largest absolute Gasteiger partial charge is 1.00 e. The Labute approximate surface area is 237 Å². The van der Waals surface area contributed by atoms with E-state index in [0.29, 0.717) is 0 Å². The van der Waals surface area contributed by atoms with Crippen molar-refractivity contribution in [2.24, 2.45) is 0 Å². The van der Waals surface area contributed by atoms with Gasteiger partial charge in [-0.2, -0.15) is 87.8 Å². The van der Waals surface area contributed by atoms with Crippen LogP contribution in [0.4, 0.5) is 92.2 Å². The Morgan fingerprint density at radius 1 is 0.474 bits per heavy atom. The van der Waals surface area contributed by atoms with Crippen LogP contribution >= 0.6 is 0 Å². The van der Waals surface area contributed by atoms with E-state index in [9.17, 15) is 105 Å². The van der Waals surface area contributed by atoms with Gasteiger partial charge in [0.05, 0.1) is 0 Å². The Kier molecular flexibility index (Phi) is 10.7. The molecule has 0 spiro atoms.